The normalized spacial score (nSPS) is 28.5. The van der Waals surface area contributed by atoms with E-state index < -0.39 is 0 Å². The van der Waals surface area contributed by atoms with Crippen LogP contribution in [0.2, 0.25) is 12.6 Å². The molecule has 5 unspecified atom stereocenters. The smallest absolute Gasteiger partial charge is 0.168 e. The van der Waals surface area contributed by atoms with Gasteiger partial charge in [-0.15, -0.1) is 0 Å². The highest BCUT2D eigenvalue weighted by atomic mass is 16.5. The molecular formula is C30H46BNO. The molecule has 180 valence electrons. The number of hydrogen-bond donors (Lipinski definition) is 1. The van der Waals surface area contributed by atoms with E-state index in [-0.39, 0.29) is 5.41 Å². The van der Waals surface area contributed by atoms with E-state index in [0.717, 1.165) is 48.0 Å². The van der Waals surface area contributed by atoms with Crippen molar-refractivity contribution in [2.24, 2.45) is 34.5 Å². The molecule has 33 heavy (non-hydrogen) atoms. The van der Waals surface area contributed by atoms with Crippen LogP contribution in [0, 0.1) is 34.5 Å². The third-order valence-electron chi connectivity index (χ3n) is 9.30. The second-order valence-corrected chi connectivity index (χ2v) is 13.3. The summed E-state index contributed by atoms with van der Waals surface area (Å²) in [6.07, 6.45) is 7.62. The van der Waals surface area contributed by atoms with Crippen LogP contribution < -0.4 is 10.1 Å². The average molecular weight is 448 g/mol. The first-order valence-corrected chi connectivity index (χ1v) is 13.2. The van der Waals surface area contributed by atoms with Crippen molar-refractivity contribution in [2.45, 2.75) is 85.8 Å². The summed E-state index contributed by atoms with van der Waals surface area (Å²) < 4.78 is 6.02. The lowest BCUT2D eigenvalue weighted by Gasteiger charge is -2.61. The van der Waals surface area contributed by atoms with Gasteiger partial charge in [0.1, 0.15) is 5.75 Å². The standard InChI is InChI=1S/C30H46BNO/c1-19(2)32-27(31-17-22-13-23-15-26(25(22)18-31)30(23,7)8)14-21-11-10-12-24(28(21)33-9)20(3)16-29(4,5)6/h10-12,22-23,25-27,32H,1,3,13-18H2,2,4-9H3. The molecule has 5 rings (SSSR count). The molecule has 0 spiro atoms. The van der Waals surface area contributed by atoms with Gasteiger partial charge in [-0.25, -0.2) is 0 Å². The second-order valence-electron chi connectivity index (χ2n) is 13.3. The number of methoxy groups -OCH3 is 1. The lowest BCUT2D eigenvalue weighted by atomic mass is 9.40. The molecule has 4 fully saturated rings. The second kappa shape index (κ2) is 8.86. The molecule has 3 heteroatoms. The molecule has 0 amide bonds. The average Bonchev–Trinajstić information content (AvgIpc) is 3.15. The van der Waals surface area contributed by atoms with Crippen LogP contribution in [0.15, 0.2) is 37.1 Å². The molecular weight excluding hydrogens is 401 g/mol. The van der Waals surface area contributed by atoms with Crippen molar-refractivity contribution in [1.82, 2.24) is 5.32 Å². The Balaban J connectivity index is 1.56. The minimum Gasteiger partial charge on any atom is -0.496 e. The maximum Gasteiger partial charge on any atom is 0.168 e. The summed E-state index contributed by atoms with van der Waals surface area (Å²) in [4.78, 5) is 0. The SMILES string of the molecule is C=C(C)NC(Cc1cccc(C(=C)CC(C)(C)C)c1OC)B1CC2CC3CC(C2C1)C3(C)C. The van der Waals surface area contributed by atoms with E-state index >= 15 is 0 Å². The maximum absolute atomic E-state index is 6.02. The van der Waals surface area contributed by atoms with Crippen molar-refractivity contribution in [3.05, 3.63) is 48.2 Å². The molecule has 1 aromatic carbocycles. The lowest BCUT2D eigenvalue weighted by Crippen LogP contribution is -2.54. The molecule has 1 heterocycles. The highest BCUT2D eigenvalue weighted by molar-refractivity contribution is 6.61. The van der Waals surface area contributed by atoms with Gasteiger partial charge in [0.15, 0.2) is 6.71 Å². The van der Waals surface area contributed by atoms with Crippen molar-refractivity contribution < 1.29 is 4.74 Å². The lowest BCUT2D eigenvalue weighted by molar-refractivity contribution is -0.120. The van der Waals surface area contributed by atoms with Gasteiger partial charge in [0, 0.05) is 11.5 Å². The zero-order valence-electron chi connectivity index (χ0n) is 22.3. The van der Waals surface area contributed by atoms with Crippen molar-refractivity contribution >= 4 is 12.3 Å². The van der Waals surface area contributed by atoms with Gasteiger partial charge in [-0.3, -0.25) is 0 Å². The van der Waals surface area contributed by atoms with Gasteiger partial charge in [-0.2, -0.15) is 0 Å². The third-order valence-corrected chi connectivity index (χ3v) is 9.30. The summed E-state index contributed by atoms with van der Waals surface area (Å²) >= 11 is 0. The summed E-state index contributed by atoms with van der Waals surface area (Å²) in [6, 6.07) is 6.61. The Labute approximate surface area is 203 Å². The number of rotatable bonds is 8. The van der Waals surface area contributed by atoms with Crippen LogP contribution in [0.5, 0.6) is 5.75 Å². The van der Waals surface area contributed by atoms with Gasteiger partial charge >= 0.3 is 0 Å². The summed E-state index contributed by atoms with van der Waals surface area (Å²) in [5.74, 6) is 5.17. The monoisotopic (exact) mass is 447 g/mol. The minimum atomic E-state index is 0.205. The van der Waals surface area contributed by atoms with Gasteiger partial charge in [-0.05, 0) is 83.9 Å². The molecule has 1 N–H and O–H groups in total. The van der Waals surface area contributed by atoms with Gasteiger partial charge in [0.2, 0.25) is 0 Å². The molecule has 2 bridgehead atoms. The van der Waals surface area contributed by atoms with Crippen LogP contribution in [0.4, 0.5) is 0 Å². The molecule has 1 saturated heterocycles. The Morgan fingerprint density at radius 1 is 1.21 bits per heavy atom. The molecule has 5 atom stereocenters. The van der Waals surface area contributed by atoms with E-state index in [1.165, 1.54) is 42.2 Å². The Morgan fingerprint density at radius 2 is 1.94 bits per heavy atom. The van der Waals surface area contributed by atoms with Crippen molar-refractivity contribution in [2.75, 3.05) is 7.11 Å². The topological polar surface area (TPSA) is 21.3 Å². The van der Waals surface area contributed by atoms with Crippen molar-refractivity contribution in [3.63, 3.8) is 0 Å². The zero-order chi connectivity index (χ0) is 24.1. The number of nitrogens with one attached hydrogen (secondary N) is 1. The fourth-order valence-corrected chi connectivity index (χ4v) is 7.73. The van der Waals surface area contributed by atoms with Crippen molar-refractivity contribution in [3.8, 4) is 5.75 Å². The Hall–Kier alpha value is -1.64. The Morgan fingerprint density at radius 3 is 2.55 bits per heavy atom. The predicted molar refractivity (Wildman–Crippen MR) is 144 cm³/mol. The maximum atomic E-state index is 6.02. The van der Waals surface area contributed by atoms with E-state index in [1.54, 1.807) is 0 Å². The number of allylic oxidation sites excluding steroid dienone is 2. The zero-order valence-corrected chi connectivity index (χ0v) is 22.3. The summed E-state index contributed by atoms with van der Waals surface area (Å²) in [5, 5.41) is 3.79. The fourth-order valence-electron chi connectivity index (χ4n) is 7.73. The number of benzene rings is 1. The molecule has 0 aromatic heterocycles. The van der Waals surface area contributed by atoms with Crippen LogP contribution >= 0.6 is 0 Å². The highest BCUT2D eigenvalue weighted by Gasteiger charge is 2.60. The van der Waals surface area contributed by atoms with E-state index in [4.69, 9.17) is 4.74 Å². The van der Waals surface area contributed by atoms with E-state index in [9.17, 15) is 0 Å². The molecule has 4 aliphatic rings. The summed E-state index contributed by atoms with van der Waals surface area (Å²) in [5.41, 5.74) is 5.48. The van der Waals surface area contributed by atoms with Crippen LogP contribution in [-0.4, -0.2) is 19.8 Å². The quantitative estimate of drug-likeness (QED) is 0.416. The van der Waals surface area contributed by atoms with E-state index in [0.29, 0.717) is 18.1 Å². The van der Waals surface area contributed by atoms with Gasteiger partial charge < -0.3 is 10.1 Å². The van der Waals surface area contributed by atoms with Gasteiger partial charge in [-0.1, -0.05) is 78.6 Å². The number of para-hydroxylation sites is 1. The molecule has 3 aliphatic carbocycles. The predicted octanol–water partition coefficient (Wildman–Crippen LogP) is 7.52. The molecule has 0 radical (unpaired) electrons. The van der Waals surface area contributed by atoms with Gasteiger partial charge in [0.05, 0.1) is 7.11 Å². The highest BCUT2D eigenvalue weighted by Crippen LogP contribution is 2.66. The fraction of sp³-hybridized carbons (Fsp3) is 0.667. The van der Waals surface area contributed by atoms with E-state index in [2.05, 4.69) is 78.2 Å². The largest absolute Gasteiger partial charge is 0.496 e. The first-order chi connectivity index (χ1) is 15.4. The number of ether oxygens (including phenoxy) is 1. The molecule has 3 saturated carbocycles. The first-order valence-electron chi connectivity index (χ1n) is 13.2. The molecule has 1 aromatic rings. The minimum absolute atomic E-state index is 0.205. The van der Waals surface area contributed by atoms with Gasteiger partial charge in [0.25, 0.3) is 0 Å². The van der Waals surface area contributed by atoms with E-state index in [1.807, 2.05) is 7.11 Å². The van der Waals surface area contributed by atoms with Crippen LogP contribution in [0.1, 0.15) is 71.9 Å². The van der Waals surface area contributed by atoms with Crippen molar-refractivity contribution in [1.29, 1.82) is 0 Å². The molecule has 2 nitrogen and oxygen atoms in total. The number of hydrogen-bond acceptors (Lipinski definition) is 2. The Bertz CT molecular complexity index is 910. The summed E-state index contributed by atoms with van der Waals surface area (Å²) in [6.45, 7) is 23.3. The summed E-state index contributed by atoms with van der Waals surface area (Å²) in [7, 11) is 1.81. The van der Waals surface area contributed by atoms with Crippen LogP contribution in [-0.2, 0) is 6.42 Å². The molecule has 1 aliphatic heterocycles. The Kier molecular flexibility index (Phi) is 6.57. The van der Waals surface area contributed by atoms with Crippen LogP contribution in [0.25, 0.3) is 5.57 Å². The first kappa shape index (κ1) is 24.5. The van der Waals surface area contributed by atoms with Crippen LogP contribution in [0.3, 0.4) is 0 Å². The third kappa shape index (κ3) is 4.80.